The minimum atomic E-state index is -3.74. The van der Waals surface area contributed by atoms with Crippen LogP contribution in [0.4, 0.5) is 4.79 Å². The summed E-state index contributed by atoms with van der Waals surface area (Å²) in [6, 6.07) is 4.57. The molecule has 2 saturated heterocycles. The Labute approximate surface area is 153 Å². The van der Waals surface area contributed by atoms with Crippen LogP contribution in [0.5, 0.6) is 0 Å². The van der Waals surface area contributed by atoms with Gasteiger partial charge < -0.3 is 10.0 Å². The molecule has 1 amide bonds. The number of halogens is 1. The van der Waals surface area contributed by atoms with Gasteiger partial charge in [-0.3, -0.25) is 4.98 Å². The Morgan fingerprint density at radius 1 is 1.20 bits per heavy atom. The van der Waals surface area contributed by atoms with Gasteiger partial charge in [0.2, 0.25) is 10.0 Å². The second-order valence-electron chi connectivity index (χ2n) is 6.28. The Balaban J connectivity index is 1.78. The van der Waals surface area contributed by atoms with Crippen molar-refractivity contribution in [2.45, 2.75) is 29.8 Å². The lowest BCUT2D eigenvalue weighted by Gasteiger charge is -2.24. The lowest BCUT2D eigenvalue weighted by Crippen LogP contribution is -2.41. The summed E-state index contributed by atoms with van der Waals surface area (Å²) in [4.78, 5) is 17.0. The van der Waals surface area contributed by atoms with E-state index >= 15 is 0 Å². The summed E-state index contributed by atoms with van der Waals surface area (Å²) in [6.45, 7) is 0.709. The summed E-state index contributed by atoms with van der Waals surface area (Å²) < 4.78 is 28.8. The van der Waals surface area contributed by atoms with Crippen molar-refractivity contribution in [2.24, 2.45) is 0 Å². The summed E-state index contributed by atoms with van der Waals surface area (Å²) in [5, 5.41) is 10.6. The van der Waals surface area contributed by atoms with E-state index in [4.69, 9.17) is 0 Å². The fraction of sp³-hybridized carbons (Fsp3) is 0.375. The first-order chi connectivity index (χ1) is 11.9. The maximum Gasteiger partial charge on any atom is 0.407 e. The van der Waals surface area contributed by atoms with E-state index in [1.165, 1.54) is 9.21 Å². The molecule has 3 heterocycles. The molecule has 0 radical (unpaired) electrons. The molecule has 2 unspecified atom stereocenters. The molecule has 7 nitrogen and oxygen atoms in total. The summed E-state index contributed by atoms with van der Waals surface area (Å²) in [5.41, 5.74) is 0. The van der Waals surface area contributed by atoms with Crippen molar-refractivity contribution < 1.29 is 18.3 Å². The molecule has 2 fully saturated rings. The predicted molar refractivity (Wildman–Crippen MR) is 94.9 cm³/mol. The van der Waals surface area contributed by atoms with Crippen LogP contribution >= 0.6 is 15.9 Å². The van der Waals surface area contributed by atoms with Gasteiger partial charge in [-0.1, -0.05) is 12.1 Å². The van der Waals surface area contributed by atoms with Gasteiger partial charge in [0.05, 0.1) is 10.9 Å². The molecule has 0 bridgehead atoms. The third-order valence-electron chi connectivity index (χ3n) is 5.06. The summed E-state index contributed by atoms with van der Waals surface area (Å²) in [6.07, 6.45) is 3.29. The Morgan fingerprint density at radius 2 is 1.96 bits per heavy atom. The number of amides is 1. The Kier molecular flexibility index (Phi) is 3.97. The molecule has 1 aromatic heterocycles. The number of aromatic nitrogens is 1. The van der Waals surface area contributed by atoms with E-state index in [-0.39, 0.29) is 17.0 Å². The van der Waals surface area contributed by atoms with Crippen LogP contribution in [0.3, 0.4) is 0 Å². The van der Waals surface area contributed by atoms with Gasteiger partial charge >= 0.3 is 6.09 Å². The minimum absolute atomic E-state index is 0.230. The van der Waals surface area contributed by atoms with Crippen LogP contribution in [0.2, 0.25) is 0 Å². The van der Waals surface area contributed by atoms with Crippen LogP contribution in [-0.4, -0.2) is 59.0 Å². The monoisotopic (exact) mass is 425 g/mol. The highest BCUT2D eigenvalue weighted by Crippen LogP contribution is 2.38. The number of carboxylic acid groups (broad SMARTS) is 1. The van der Waals surface area contributed by atoms with Crippen molar-refractivity contribution in [3.05, 3.63) is 35.1 Å². The third-order valence-corrected chi connectivity index (χ3v) is 7.62. The molecule has 2 atom stereocenters. The molecule has 0 spiro atoms. The van der Waals surface area contributed by atoms with E-state index in [0.717, 1.165) is 5.39 Å². The fourth-order valence-electron chi connectivity index (χ4n) is 3.98. The van der Waals surface area contributed by atoms with Crippen LogP contribution < -0.4 is 0 Å². The molecule has 9 heteroatoms. The summed E-state index contributed by atoms with van der Waals surface area (Å²) in [7, 11) is -3.74. The molecule has 25 heavy (non-hydrogen) atoms. The fourth-order valence-corrected chi connectivity index (χ4v) is 6.61. The van der Waals surface area contributed by atoms with Crippen LogP contribution in [0.1, 0.15) is 12.8 Å². The largest absolute Gasteiger partial charge is 0.465 e. The number of benzene rings is 1. The Hall–Kier alpha value is -1.71. The molecule has 2 aliphatic heterocycles. The van der Waals surface area contributed by atoms with Crippen molar-refractivity contribution in [3.63, 3.8) is 0 Å². The third kappa shape index (κ3) is 2.52. The second kappa shape index (κ2) is 5.93. The first-order valence-electron chi connectivity index (χ1n) is 7.95. The molecular weight excluding hydrogens is 410 g/mol. The zero-order valence-corrected chi connectivity index (χ0v) is 15.6. The molecule has 132 valence electrons. The van der Waals surface area contributed by atoms with Crippen molar-refractivity contribution in [1.82, 2.24) is 14.2 Å². The molecule has 0 aliphatic carbocycles. The normalized spacial score (nSPS) is 24.0. The van der Waals surface area contributed by atoms with Gasteiger partial charge in [0.1, 0.15) is 0 Å². The zero-order chi connectivity index (χ0) is 17.8. The van der Waals surface area contributed by atoms with Gasteiger partial charge in [0, 0.05) is 46.8 Å². The average Bonchev–Trinajstić information content (AvgIpc) is 3.16. The highest BCUT2D eigenvalue weighted by Gasteiger charge is 2.49. The van der Waals surface area contributed by atoms with Gasteiger partial charge in [-0.15, -0.1) is 0 Å². The molecule has 1 N–H and O–H groups in total. The Morgan fingerprint density at radius 3 is 2.72 bits per heavy atom. The van der Waals surface area contributed by atoms with Crippen molar-refractivity contribution in [3.8, 4) is 0 Å². The number of likely N-dealkylation sites (tertiary alicyclic amines) is 1. The van der Waals surface area contributed by atoms with E-state index in [0.29, 0.717) is 35.8 Å². The maximum atomic E-state index is 13.3. The number of nitrogens with zero attached hydrogens (tertiary/aromatic N) is 3. The van der Waals surface area contributed by atoms with Gasteiger partial charge in [-0.25, -0.2) is 13.2 Å². The molecule has 4 rings (SSSR count). The smallest absolute Gasteiger partial charge is 0.407 e. The lowest BCUT2D eigenvalue weighted by molar-refractivity contribution is 0.139. The minimum Gasteiger partial charge on any atom is -0.465 e. The topological polar surface area (TPSA) is 90.8 Å². The first-order valence-corrected chi connectivity index (χ1v) is 10.2. The quantitative estimate of drug-likeness (QED) is 0.797. The van der Waals surface area contributed by atoms with E-state index in [2.05, 4.69) is 20.9 Å². The van der Waals surface area contributed by atoms with E-state index in [1.54, 1.807) is 24.5 Å². The number of hydrogen-bond acceptors (Lipinski definition) is 4. The van der Waals surface area contributed by atoms with Crippen LogP contribution in [-0.2, 0) is 10.0 Å². The number of carbonyl (C=O) groups is 1. The average molecular weight is 426 g/mol. The van der Waals surface area contributed by atoms with Gasteiger partial charge in [-0.2, -0.15) is 4.31 Å². The first kappa shape index (κ1) is 16.7. The standard InChI is InChI=1S/C16H16BrN3O4S/c17-11-9-18-8-10-2-1-3-14(15(10)11)25(23,24)20-7-5-12-13(20)4-6-19(12)16(21)22/h1-3,8-9,12-13H,4-7H2,(H,21,22). The van der Waals surface area contributed by atoms with Gasteiger partial charge in [-0.05, 0) is 34.8 Å². The molecule has 0 saturated carbocycles. The number of sulfonamides is 1. The van der Waals surface area contributed by atoms with Gasteiger partial charge in [0.15, 0.2) is 0 Å². The summed E-state index contributed by atoms with van der Waals surface area (Å²) in [5.74, 6) is 0. The van der Waals surface area contributed by atoms with Crippen LogP contribution in [0, 0.1) is 0 Å². The SMILES string of the molecule is O=C(O)N1CCC2C1CCN2S(=O)(=O)c1cccc2cncc(Br)c12. The Bertz CT molecular complexity index is 960. The molecular formula is C16H16BrN3O4S. The molecule has 2 aromatic rings. The highest BCUT2D eigenvalue weighted by atomic mass is 79.9. The summed E-state index contributed by atoms with van der Waals surface area (Å²) >= 11 is 3.40. The van der Waals surface area contributed by atoms with Crippen molar-refractivity contribution in [1.29, 1.82) is 0 Å². The maximum absolute atomic E-state index is 13.3. The van der Waals surface area contributed by atoms with Crippen molar-refractivity contribution in [2.75, 3.05) is 13.1 Å². The van der Waals surface area contributed by atoms with Crippen molar-refractivity contribution >= 4 is 42.8 Å². The zero-order valence-electron chi connectivity index (χ0n) is 13.2. The molecule has 2 aliphatic rings. The number of rotatable bonds is 2. The van der Waals surface area contributed by atoms with Crippen LogP contribution in [0.15, 0.2) is 40.0 Å². The van der Waals surface area contributed by atoms with Crippen LogP contribution in [0.25, 0.3) is 10.8 Å². The lowest BCUT2D eigenvalue weighted by atomic mass is 10.1. The van der Waals surface area contributed by atoms with E-state index in [1.807, 2.05) is 6.07 Å². The highest BCUT2D eigenvalue weighted by molar-refractivity contribution is 9.10. The van der Waals surface area contributed by atoms with E-state index in [9.17, 15) is 18.3 Å². The van der Waals surface area contributed by atoms with E-state index < -0.39 is 16.1 Å². The van der Waals surface area contributed by atoms with Gasteiger partial charge in [0.25, 0.3) is 0 Å². The number of fused-ring (bicyclic) bond motifs is 2. The second-order valence-corrected chi connectivity index (χ2v) is 8.99. The predicted octanol–water partition coefficient (Wildman–Crippen LogP) is 2.51. The molecule has 1 aromatic carbocycles. The number of pyridine rings is 1. The number of hydrogen-bond donors (Lipinski definition) is 1.